The van der Waals surface area contributed by atoms with Crippen LogP contribution in [0.15, 0.2) is 84.9 Å². The Labute approximate surface area is 152 Å². The van der Waals surface area contributed by atoms with E-state index in [-0.39, 0.29) is 5.97 Å². The molecule has 0 aliphatic rings. The van der Waals surface area contributed by atoms with Gasteiger partial charge in [0.05, 0.1) is 18.7 Å². The molecule has 3 aromatic rings. The third-order valence-corrected chi connectivity index (χ3v) is 3.95. The summed E-state index contributed by atoms with van der Waals surface area (Å²) in [4.78, 5) is 18.0. The van der Waals surface area contributed by atoms with Gasteiger partial charge in [-0.1, -0.05) is 72.3 Å². The molecule has 126 valence electrons. The minimum absolute atomic E-state index is 0.370. The van der Waals surface area contributed by atoms with Crippen molar-refractivity contribution in [2.24, 2.45) is 0 Å². The Morgan fingerprint density at radius 1 is 0.760 bits per heavy atom. The van der Waals surface area contributed by atoms with E-state index in [2.05, 4.69) is 0 Å². The van der Waals surface area contributed by atoms with Crippen LogP contribution in [0, 0.1) is 0 Å². The van der Waals surface area contributed by atoms with Crippen LogP contribution in [0.1, 0.15) is 21.5 Å². The highest BCUT2D eigenvalue weighted by molar-refractivity contribution is 6.30. The van der Waals surface area contributed by atoms with Crippen molar-refractivity contribution in [3.05, 3.63) is 107 Å². The Morgan fingerprint density at radius 2 is 1.28 bits per heavy atom. The molecule has 0 fully saturated rings. The number of nitrogens with zero attached hydrogens (tertiary/aromatic N) is 1. The first kappa shape index (κ1) is 17.2. The predicted octanol–water partition coefficient (Wildman–Crippen LogP) is 5.11. The molecule has 0 aliphatic carbocycles. The second-order valence-electron chi connectivity index (χ2n) is 5.65. The summed E-state index contributed by atoms with van der Waals surface area (Å²) in [6, 6.07) is 26.4. The van der Waals surface area contributed by atoms with Gasteiger partial charge in [-0.15, -0.1) is 5.06 Å². The summed E-state index contributed by atoms with van der Waals surface area (Å²) in [5.41, 5.74) is 2.61. The van der Waals surface area contributed by atoms with Crippen molar-refractivity contribution in [2.75, 3.05) is 0 Å². The summed E-state index contributed by atoms with van der Waals surface area (Å²) < 4.78 is 0. The number of hydrogen-bond donors (Lipinski definition) is 0. The summed E-state index contributed by atoms with van der Waals surface area (Å²) in [5.74, 6) is -0.370. The first-order valence-electron chi connectivity index (χ1n) is 8.01. The second-order valence-corrected chi connectivity index (χ2v) is 6.09. The molecule has 0 saturated heterocycles. The summed E-state index contributed by atoms with van der Waals surface area (Å²) >= 11 is 5.94. The van der Waals surface area contributed by atoms with Crippen LogP contribution in [0.5, 0.6) is 0 Å². The molecule has 0 radical (unpaired) electrons. The van der Waals surface area contributed by atoms with E-state index in [0.29, 0.717) is 23.7 Å². The second kappa shape index (κ2) is 8.47. The van der Waals surface area contributed by atoms with Crippen molar-refractivity contribution < 1.29 is 9.63 Å². The molecule has 0 unspecified atom stereocenters. The van der Waals surface area contributed by atoms with Crippen molar-refractivity contribution in [1.29, 1.82) is 0 Å². The van der Waals surface area contributed by atoms with E-state index >= 15 is 0 Å². The average molecular weight is 352 g/mol. The molecule has 3 rings (SSSR count). The van der Waals surface area contributed by atoms with Crippen LogP contribution < -0.4 is 0 Å². The lowest BCUT2D eigenvalue weighted by atomic mass is 10.2. The van der Waals surface area contributed by atoms with Gasteiger partial charge in [-0.2, -0.15) is 0 Å². The van der Waals surface area contributed by atoms with Crippen LogP contribution in [-0.2, 0) is 17.9 Å². The van der Waals surface area contributed by atoms with Gasteiger partial charge in [0.15, 0.2) is 0 Å². The number of hydrogen-bond acceptors (Lipinski definition) is 3. The zero-order valence-corrected chi connectivity index (χ0v) is 14.4. The van der Waals surface area contributed by atoms with Crippen LogP contribution in [0.4, 0.5) is 0 Å². The molecule has 3 nitrogen and oxygen atoms in total. The maximum atomic E-state index is 12.4. The zero-order valence-electron chi connectivity index (χ0n) is 13.6. The Morgan fingerprint density at radius 3 is 1.88 bits per heavy atom. The molecule has 0 saturated carbocycles. The molecule has 0 aromatic heterocycles. The Kier molecular flexibility index (Phi) is 5.83. The Hall–Kier alpha value is -2.62. The number of benzene rings is 3. The lowest BCUT2D eigenvalue weighted by molar-refractivity contribution is -0.123. The third-order valence-electron chi connectivity index (χ3n) is 3.70. The topological polar surface area (TPSA) is 29.5 Å². The Bertz CT molecular complexity index is 804. The minimum Gasteiger partial charge on any atom is -0.363 e. The van der Waals surface area contributed by atoms with E-state index in [1.54, 1.807) is 17.2 Å². The molecule has 3 aromatic carbocycles. The van der Waals surface area contributed by atoms with Crippen molar-refractivity contribution in [2.45, 2.75) is 13.1 Å². The quantitative estimate of drug-likeness (QED) is 0.578. The maximum Gasteiger partial charge on any atom is 0.357 e. The lowest BCUT2D eigenvalue weighted by Gasteiger charge is -2.21. The van der Waals surface area contributed by atoms with Crippen molar-refractivity contribution in [3.8, 4) is 0 Å². The molecule has 0 N–H and O–H groups in total. The largest absolute Gasteiger partial charge is 0.363 e. The number of carbonyl (C=O) groups excluding carboxylic acids is 1. The Balaban J connectivity index is 1.76. The highest BCUT2D eigenvalue weighted by atomic mass is 35.5. The zero-order chi connectivity index (χ0) is 17.5. The summed E-state index contributed by atoms with van der Waals surface area (Å²) in [7, 11) is 0. The summed E-state index contributed by atoms with van der Waals surface area (Å²) in [6.07, 6.45) is 0. The van der Waals surface area contributed by atoms with Crippen LogP contribution in [0.3, 0.4) is 0 Å². The fraction of sp³-hybridized carbons (Fsp3) is 0.0952. The molecule has 0 atom stereocenters. The van der Waals surface area contributed by atoms with Gasteiger partial charge in [-0.25, -0.2) is 4.79 Å². The van der Waals surface area contributed by atoms with E-state index < -0.39 is 0 Å². The normalized spacial score (nSPS) is 10.6. The standard InChI is InChI=1S/C21H18ClNO2/c22-20-13-11-18(12-14-20)16-23(15-17-7-3-1-4-8-17)25-21(24)19-9-5-2-6-10-19/h1-14H,15-16H2. The average Bonchev–Trinajstić information content (AvgIpc) is 2.65. The third kappa shape index (κ3) is 5.18. The van der Waals surface area contributed by atoms with E-state index in [4.69, 9.17) is 16.4 Å². The van der Waals surface area contributed by atoms with Gasteiger partial charge < -0.3 is 4.84 Å². The van der Waals surface area contributed by atoms with E-state index in [0.717, 1.165) is 11.1 Å². The highest BCUT2D eigenvalue weighted by Gasteiger charge is 2.15. The molecule has 0 spiro atoms. The number of hydroxylamine groups is 2. The van der Waals surface area contributed by atoms with Crippen LogP contribution in [0.2, 0.25) is 5.02 Å². The van der Waals surface area contributed by atoms with Crippen LogP contribution >= 0.6 is 11.6 Å². The van der Waals surface area contributed by atoms with Gasteiger partial charge in [0.25, 0.3) is 0 Å². The van der Waals surface area contributed by atoms with E-state index in [1.807, 2.05) is 72.8 Å². The minimum atomic E-state index is -0.370. The van der Waals surface area contributed by atoms with E-state index in [1.165, 1.54) is 0 Å². The monoisotopic (exact) mass is 351 g/mol. The van der Waals surface area contributed by atoms with Crippen molar-refractivity contribution in [3.63, 3.8) is 0 Å². The molecular formula is C21H18ClNO2. The fourth-order valence-corrected chi connectivity index (χ4v) is 2.57. The smallest absolute Gasteiger partial charge is 0.357 e. The van der Waals surface area contributed by atoms with E-state index in [9.17, 15) is 4.79 Å². The van der Waals surface area contributed by atoms with Gasteiger partial charge in [-0.3, -0.25) is 0 Å². The molecular weight excluding hydrogens is 334 g/mol. The number of rotatable bonds is 6. The summed E-state index contributed by atoms with van der Waals surface area (Å²) in [6.45, 7) is 0.979. The highest BCUT2D eigenvalue weighted by Crippen LogP contribution is 2.15. The van der Waals surface area contributed by atoms with Gasteiger partial charge >= 0.3 is 5.97 Å². The van der Waals surface area contributed by atoms with Gasteiger partial charge in [0.2, 0.25) is 0 Å². The molecule has 4 heteroatoms. The van der Waals surface area contributed by atoms with Crippen LogP contribution in [-0.4, -0.2) is 11.0 Å². The summed E-state index contributed by atoms with van der Waals surface area (Å²) in [5, 5.41) is 2.34. The van der Waals surface area contributed by atoms with Gasteiger partial charge in [0, 0.05) is 5.02 Å². The van der Waals surface area contributed by atoms with Crippen molar-refractivity contribution >= 4 is 17.6 Å². The van der Waals surface area contributed by atoms with Gasteiger partial charge in [0.1, 0.15) is 0 Å². The first-order chi connectivity index (χ1) is 12.2. The van der Waals surface area contributed by atoms with Crippen LogP contribution in [0.25, 0.3) is 0 Å². The maximum absolute atomic E-state index is 12.4. The molecule has 0 heterocycles. The number of carbonyl (C=O) groups is 1. The van der Waals surface area contributed by atoms with Crippen molar-refractivity contribution in [1.82, 2.24) is 5.06 Å². The molecule has 25 heavy (non-hydrogen) atoms. The molecule has 0 bridgehead atoms. The predicted molar refractivity (Wildman–Crippen MR) is 99.0 cm³/mol. The molecule has 0 aliphatic heterocycles. The first-order valence-corrected chi connectivity index (χ1v) is 8.39. The fourth-order valence-electron chi connectivity index (χ4n) is 2.45. The van der Waals surface area contributed by atoms with Gasteiger partial charge in [-0.05, 0) is 35.4 Å². The lowest BCUT2D eigenvalue weighted by Crippen LogP contribution is -2.26. The molecule has 0 amide bonds. The number of halogens is 1. The SMILES string of the molecule is O=C(ON(Cc1ccccc1)Cc1ccc(Cl)cc1)c1ccccc1.